The smallest absolute Gasteiger partial charge is 0.253 e. The summed E-state index contributed by atoms with van der Waals surface area (Å²) >= 11 is 6.05. The number of aryl methyl sites for hydroxylation is 1. The van der Waals surface area contributed by atoms with Crippen molar-refractivity contribution in [3.63, 3.8) is 0 Å². The molecule has 4 rings (SSSR count). The summed E-state index contributed by atoms with van der Waals surface area (Å²) in [5.74, 6) is 0.703. The van der Waals surface area contributed by atoms with Crippen molar-refractivity contribution in [1.29, 1.82) is 0 Å². The van der Waals surface area contributed by atoms with Crippen LogP contribution in [0.2, 0.25) is 5.02 Å². The van der Waals surface area contributed by atoms with Crippen molar-refractivity contribution < 1.29 is 14.3 Å². The van der Waals surface area contributed by atoms with Gasteiger partial charge in [-0.2, -0.15) is 0 Å². The lowest BCUT2D eigenvalue weighted by molar-refractivity contribution is -0.128. The lowest BCUT2D eigenvalue weighted by Crippen LogP contribution is -2.51. The zero-order chi connectivity index (χ0) is 20.4. The third kappa shape index (κ3) is 4.15. The summed E-state index contributed by atoms with van der Waals surface area (Å²) in [6.07, 6.45) is 2.80. The summed E-state index contributed by atoms with van der Waals surface area (Å²) in [5, 5.41) is 0.608. The first-order valence-electron chi connectivity index (χ1n) is 9.85. The third-order valence-electron chi connectivity index (χ3n) is 5.42. The predicted octanol–water partition coefficient (Wildman–Crippen LogP) is 3.66. The lowest BCUT2D eigenvalue weighted by Gasteiger charge is -2.35. The van der Waals surface area contributed by atoms with Crippen LogP contribution in [0, 0.1) is 0 Å². The van der Waals surface area contributed by atoms with Gasteiger partial charge in [0.2, 0.25) is 0 Å². The minimum absolute atomic E-state index is 0.0172. The highest BCUT2D eigenvalue weighted by atomic mass is 35.5. The van der Waals surface area contributed by atoms with Crippen LogP contribution in [-0.2, 0) is 11.2 Å². The number of benzene rings is 2. The summed E-state index contributed by atoms with van der Waals surface area (Å²) in [5.41, 5.74) is 3.33. The van der Waals surface area contributed by atoms with E-state index in [9.17, 15) is 9.59 Å². The van der Waals surface area contributed by atoms with E-state index in [1.165, 1.54) is 5.56 Å². The summed E-state index contributed by atoms with van der Waals surface area (Å²) in [6, 6.07) is 13.1. The maximum Gasteiger partial charge on any atom is 0.253 e. The molecule has 0 saturated carbocycles. The fourth-order valence-electron chi connectivity index (χ4n) is 3.65. The zero-order valence-corrected chi connectivity index (χ0v) is 17.1. The highest BCUT2D eigenvalue weighted by Gasteiger charge is 2.28. The molecule has 6 heteroatoms. The Labute approximate surface area is 175 Å². The standard InChI is InChI=1S/C23H23ClN2O3/c1-2-16-3-5-17(6-4-16)22(27)25-9-11-26(12-10-25)23(28)19-13-18-14-20(24)7-8-21(18)29-15-19/h3-8,13-14H,2,9-12,15H2,1H3. The van der Waals surface area contributed by atoms with E-state index in [-0.39, 0.29) is 18.4 Å². The maximum absolute atomic E-state index is 12.9. The average molecular weight is 411 g/mol. The highest BCUT2D eigenvalue weighted by molar-refractivity contribution is 6.30. The van der Waals surface area contributed by atoms with Gasteiger partial charge in [0.25, 0.3) is 11.8 Å². The summed E-state index contributed by atoms with van der Waals surface area (Å²) in [7, 11) is 0. The number of rotatable bonds is 3. The number of hydrogen-bond donors (Lipinski definition) is 0. The summed E-state index contributed by atoms with van der Waals surface area (Å²) < 4.78 is 5.70. The second kappa shape index (κ2) is 8.29. The van der Waals surface area contributed by atoms with E-state index in [0.717, 1.165) is 17.7 Å². The summed E-state index contributed by atoms with van der Waals surface area (Å²) in [4.78, 5) is 29.2. The van der Waals surface area contributed by atoms with Gasteiger partial charge in [-0.1, -0.05) is 30.7 Å². The van der Waals surface area contributed by atoms with Gasteiger partial charge in [0.05, 0.1) is 5.57 Å². The summed E-state index contributed by atoms with van der Waals surface area (Å²) in [6.45, 7) is 4.41. The number of ether oxygens (including phenoxy) is 1. The fourth-order valence-corrected chi connectivity index (χ4v) is 3.83. The number of piperazine rings is 1. The highest BCUT2D eigenvalue weighted by Crippen LogP contribution is 2.29. The van der Waals surface area contributed by atoms with Crippen LogP contribution >= 0.6 is 11.6 Å². The molecule has 0 spiro atoms. The van der Waals surface area contributed by atoms with Crippen molar-refractivity contribution in [1.82, 2.24) is 9.80 Å². The SMILES string of the molecule is CCc1ccc(C(=O)N2CCN(C(=O)C3=Cc4cc(Cl)ccc4OC3)CC2)cc1. The Morgan fingerprint density at radius 2 is 1.62 bits per heavy atom. The molecule has 2 aromatic rings. The van der Waals surface area contributed by atoms with E-state index in [2.05, 4.69) is 6.92 Å². The van der Waals surface area contributed by atoms with Crippen LogP contribution in [0.25, 0.3) is 6.08 Å². The molecule has 2 aliphatic heterocycles. The first-order chi connectivity index (χ1) is 14.0. The van der Waals surface area contributed by atoms with E-state index in [1.54, 1.807) is 17.0 Å². The Balaban J connectivity index is 1.39. The first kappa shape index (κ1) is 19.5. The molecule has 1 fully saturated rings. The molecular formula is C23H23ClN2O3. The van der Waals surface area contributed by atoms with Crippen LogP contribution in [0.5, 0.6) is 5.75 Å². The van der Waals surface area contributed by atoms with Crippen LogP contribution in [0.3, 0.4) is 0 Å². The van der Waals surface area contributed by atoms with E-state index >= 15 is 0 Å². The van der Waals surface area contributed by atoms with E-state index in [4.69, 9.17) is 16.3 Å². The molecule has 0 bridgehead atoms. The van der Waals surface area contributed by atoms with Crippen LogP contribution in [0.4, 0.5) is 0 Å². The average Bonchev–Trinajstić information content (AvgIpc) is 2.77. The molecule has 2 aromatic carbocycles. The zero-order valence-electron chi connectivity index (χ0n) is 16.4. The van der Waals surface area contributed by atoms with Gasteiger partial charge in [-0.3, -0.25) is 9.59 Å². The molecule has 0 atom stereocenters. The van der Waals surface area contributed by atoms with Gasteiger partial charge >= 0.3 is 0 Å². The second-order valence-corrected chi connectivity index (χ2v) is 7.71. The Morgan fingerprint density at radius 3 is 2.28 bits per heavy atom. The maximum atomic E-state index is 12.9. The van der Waals surface area contributed by atoms with E-state index in [1.807, 2.05) is 41.3 Å². The van der Waals surface area contributed by atoms with Crippen molar-refractivity contribution >= 4 is 29.5 Å². The number of carbonyl (C=O) groups excluding carboxylic acids is 2. The van der Waals surface area contributed by atoms with Crippen molar-refractivity contribution in [2.45, 2.75) is 13.3 Å². The van der Waals surface area contributed by atoms with E-state index < -0.39 is 0 Å². The minimum atomic E-state index is -0.0463. The molecule has 1 saturated heterocycles. The lowest BCUT2D eigenvalue weighted by atomic mass is 10.1. The molecule has 0 unspecified atom stereocenters. The fraction of sp³-hybridized carbons (Fsp3) is 0.304. The molecule has 0 aliphatic carbocycles. The topological polar surface area (TPSA) is 49.9 Å². The molecule has 0 radical (unpaired) electrons. The first-order valence-corrected chi connectivity index (χ1v) is 10.2. The Kier molecular flexibility index (Phi) is 5.58. The van der Waals surface area contributed by atoms with Gasteiger partial charge in [-0.05, 0) is 48.4 Å². The van der Waals surface area contributed by atoms with Crippen LogP contribution in [0.15, 0.2) is 48.0 Å². The monoisotopic (exact) mass is 410 g/mol. The quantitative estimate of drug-likeness (QED) is 0.775. The predicted molar refractivity (Wildman–Crippen MR) is 113 cm³/mol. The number of amides is 2. The molecule has 2 heterocycles. The normalized spacial score (nSPS) is 16.0. The Morgan fingerprint density at radius 1 is 0.966 bits per heavy atom. The molecule has 150 valence electrons. The van der Waals surface area contributed by atoms with Gasteiger partial charge in [-0.25, -0.2) is 0 Å². The molecule has 0 aromatic heterocycles. The third-order valence-corrected chi connectivity index (χ3v) is 5.66. The van der Waals surface area contributed by atoms with Crippen molar-refractivity contribution in [2.24, 2.45) is 0 Å². The van der Waals surface area contributed by atoms with Crippen molar-refractivity contribution in [3.8, 4) is 5.75 Å². The van der Waals surface area contributed by atoms with E-state index in [0.29, 0.717) is 42.3 Å². The van der Waals surface area contributed by atoms with Gasteiger partial charge in [0, 0.05) is 42.3 Å². The number of fused-ring (bicyclic) bond motifs is 1. The Hall–Kier alpha value is -2.79. The number of halogens is 1. The van der Waals surface area contributed by atoms with Gasteiger partial charge in [-0.15, -0.1) is 0 Å². The van der Waals surface area contributed by atoms with Crippen LogP contribution < -0.4 is 4.74 Å². The van der Waals surface area contributed by atoms with Gasteiger partial charge in [0.15, 0.2) is 0 Å². The molecule has 2 amide bonds. The number of carbonyl (C=O) groups is 2. The molecule has 29 heavy (non-hydrogen) atoms. The second-order valence-electron chi connectivity index (χ2n) is 7.28. The van der Waals surface area contributed by atoms with Crippen LogP contribution in [0.1, 0.15) is 28.4 Å². The molecule has 2 aliphatic rings. The number of hydrogen-bond acceptors (Lipinski definition) is 3. The minimum Gasteiger partial charge on any atom is -0.488 e. The molecule has 5 nitrogen and oxygen atoms in total. The number of nitrogens with zero attached hydrogens (tertiary/aromatic N) is 2. The largest absolute Gasteiger partial charge is 0.488 e. The van der Waals surface area contributed by atoms with Gasteiger partial charge in [0.1, 0.15) is 12.4 Å². The molecular weight excluding hydrogens is 388 g/mol. The van der Waals surface area contributed by atoms with Crippen molar-refractivity contribution in [2.75, 3.05) is 32.8 Å². The van der Waals surface area contributed by atoms with Crippen molar-refractivity contribution in [3.05, 3.63) is 69.8 Å². The Bertz CT molecular complexity index is 961. The van der Waals surface area contributed by atoms with Crippen LogP contribution in [-0.4, -0.2) is 54.4 Å². The molecule has 0 N–H and O–H groups in total. The van der Waals surface area contributed by atoms with Gasteiger partial charge < -0.3 is 14.5 Å².